The van der Waals surface area contributed by atoms with Crippen LogP contribution in [-0.4, -0.2) is 26.3 Å². The number of ether oxygens (including phenoxy) is 1. The van der Waals surface area contributed by atoms with Crippen LogP contribution in [0, 0.1) is 13.8 Å². The standard InChI is InChI=1S/C21H17ClN4O4S/c1-12-17(13(2)29-25-12)11-31-20-16(7-4-8-23-20)21(27)28-10-18-24-19(26-30-18)14-5-3-6-15(22)9-14/h3-9H,10-11H2,1-2H3. The third-order valence-corrected chi connectivity index (χ3v) is 5.67. The number of aromatic nitrogens is 4. The maximum Gasteiger partial charge on any atom is 0.341 e. The van der Waals surface area contributed by atoms with E-state index >= 15 is 0 Å². The Bertz CT molecular complexity index is 1200. The summed E-state index contributed by atoms with van der Waals surface area (Å²) < 4.78 is 15.7. The zero-order chi connectivity index (χ0) is 21.8. The number of hydrogen-bond donors (Lipinski definition) is 0. The zero-order valence-corrected chi connectivity index (χ0v) is 18.2. The van der Waals surface area contributed by atoms with Gasteiger partial charge in [-0.3, -0.25) is 0 Å². The number of hydrogen-bond acceptors (Lipinski definition) is 9. The monoisotopic (exact) mass is 456 g/mol. The van der Waals surface area contributed by atoms with Crippen LogP contribution < -0.4 is 0 Å². The Balaban J connectivity index is 1.41. The van der Waals surface area contributed by atoms with Crippen molar-refractivity contribution in [3.05, 3.63) is 76.1 Å². The molecule has 3 heterocycles. The summed E-state index contributed by atoms with van der Waals surface area (Å²) in [7, 11) is 0. The molecule has 0 spiro atoms. The third-order valence-electron chi connectivity index (χ3n) is 4.40. The minimum absolute atomic E-state index is 0.157. The van der Waals surface area contributed by atoms with Crippen LogP contribution in [0.25, 0.3) is 11.4 Å². The molecule has 1 aromatic carbocycles. The fourth-order valence-corrected chi connectivity index (χ4v) is 4.10. The predicted octanol–water partition coefficient (Wildman–Crippen LogP) is 5.04. The first kappa shape index (κ1) is 21.1. The van der Waals surface area contributed by atoms with Crippen LogP contribution in [0.2, 0.25) is 5.02 Å². The second-order valence-electron chi connectivity index (χ2n) is 6.55. The molecule has 0 saturated carbocycles. The van der Waals surface area contributed by atoms with Crippen LogP contribution in [0.5, 0.6) is 0 Å². The molecule has 0 atom stereocenters. The molecule has 31 heavy (non-hydrogen) atoms. The average molecular weight is 457 g/mol. The second-order valence-corrected chi connectivity index (χ2v) is 7.95. The normalized spacial score (nSPS) is 10.9. The molecule has 158 valence electrons. The predicted molar refractivity (Wildman–Crippen MR) is 114 cm³/mol. The summed E-state index contributed by atoms with van der Waals surface area (Å²) >= 11 is 7.40. The molecule has 4 aromatic rings. The van der Waals surface area contributed by atoms with Crippen molar-refractivity contribution >= 4 is 29.3 Å². The van der Waals surface area contributed by atoms with E-state index in [1.54, 1.807) is 36.5 Å². The topological polar surface area (TPSA) is 104 Å². The largest absolute Gasteiger partial charge is 0.452 e. The summed E-state index contributed by atoms with van der Waals surface area (Å²) in [4.78, 5) is 21.2. The lowest BCUT2D eigenvalue weighted by molar-refractivity contribution is 0.0424. The number of thioether (sulfide) groups is 1. The number of nitrogens with zero attached hydrogens (tertiary/aromatic N) is 4. The first-order chi connectivity index (χ1) is 15.0. The molecule has 4 rings (SSSR count). The quantitative estimate of drug-likeness (QED) is 0.279. The molecular weight excluding hydrogens is 440 g/mol. The van der Waals surface area contributed by atoms with Gasteiger partial charge in [-0.1, -0.05) is 34.0 Å². The number of halogens is 1. The third kappa shape index (κ3) is 4.95. The van der Waals surface area contributed by atoms with E-state index in [1.165, 1.54) is 11.8 Å². The molecular formula is C21H17ClN4O4S. The summed E-state index contributed by atoms with van der Waals surface area (Å²) in [5.74, 6) is 1.34. The fraction of sp³-hybridized carbons (Fsp3) is 0.190. The Labute approximate surface area is 186 Å². The zero-order valence-electron chi connectivity index (χ0n) is 16.7. The van der Waals surface area contributed by atoms with Gasteiger partial charge in [0.05, 0.1) is 11.3 Å². The number of carbonyl (C=O) groups is 1. The van der Waals surface area contributed by atoms with Crippen molar-refractivity contribution in [2.45, 2.75) is 31.2 Å². The molecule has 0 amide bonds. The Morgan fingerprint density at radius 2 is 2.03 bits per heavy atom. The van der Waals surface area contributed by atoms with Crippen molar-refractivity contribution in [3.63, 3.8) is 0 Å². The highest BCUT2D eigenvalue weighted by molar-refractivity contribution is 7.98. The Hall–Kier alpha value is -3.17. The van der Waals surface area contributed by atoms with E-state index in [4.69, 9.17) is 25.4 Å². The molecule has 0 saturated heterocycles. The lowest BCUT2D eigenvalue weighted by Gasteiger charge is -2.07. The van der Waals surface area contributed by atoms with Crippen molar-refractivity contribution in [1.82, 2.24) is 20.3 Å². The van der Waals surface area contributed by atoms with Gasteiger partial charge in [-0.05, 0) is 38.1 Å². The molecule has 0 aliphatic rings. The Morgan fingerprint density at radius 1 is 1.16 bits per heavy atom. The molecule has 0 aliphatic heterocycles. The van der Waals surface area contributed by atoms with Crippen molar-refractivity contribution in [2.24, 2.45) is 0 Å². The van der Waals surface area contributed by atoms with Gasteiger partial charge in [0, 0.05) is 28.1 Å². The van der Waals surface area contributed by atoms with Gasteiger partial charge in [0.15, 0.2) is 6.61 Å². The molecule has 0 bridgehead atoms. The van der Waals surface area contributed by atoms with Gasteiger partial charge >= 0.3 is 5.97 Å². The van der Waals surface area contributed by atoms with E-state index in [0.717, 1.165) is 17.0 Å². The Kier molecular flexibility index (Phi) is 6.34. The van der Waals surface area contributed by atoms with E-state index in [2.05, 4.69) is 20.3 Å². The minimum Gasteiger partial charge on any atom is -0.452 e. The maximum atomic E-state index is 12.6. The molecule has 0 aliphatic carbocycles. The second kappa shape index (κ2) is 9.32. The lowest BCUT2D eigenvalue weighted by Crippen LogP contribution is -2.08. The van der Waals surface area contributed by atoms with Crippen LogP contribution in [0.1, 0.15) is 33.3 Å². The molecule has 8 nitrogen and oxygen atoms in total. The molecule has 3 aromatic heterocycles. The van der Waals surface area contributed by atoms with Crippen molar-refractivity contribution in [1.29, 1.82) is 0 Å². The van der Waals surface area contributed by atoms with Gasteiger partial charge in [-0.15, -0.1) is 11.8 Å². The molecule has 0 unspecified atom stereocenters. The van der Waals surface area contributed by atoms with Crippen molar-refractivity contribution in [2.75, 3.05) is 0 Å². The SMILES string of the molecule is Cc1noc(C)c1CSc1ncccc1C(=O)OCc1nc(-c2cccc(Cl)c2)no1. The summed E-state index contributed by atoms with van der Waals surface area (Å²) in [6.45, 7) is 3.57. The Morgan fingerprint density at radius 3 is 2.81 bits per heavy atom. The number of carbonyl (C=O) groups excluding carboxylic acids is 1. The first-order valence-corrected chi connectivity index (χ1v) is 10.6. The van der Waals surface area contributed by atoms with E-state index in [9.17, 15) is 4.79 Å². The van der Waals surface area contributed by atoms with E-state index < -0.39 is 5.97 Å². The van der Waals surface area contributed by atoms with E-state index in [0.29, 0.717) is 32.8 Å². The average Bonchev–Trinajstić information content (AvgIpc) is 3.37. The molecule has 10 heteroatoms. The fourth-order valence-electron chi connectivity index (χ4n) is 2.77. The minimum atomic E-state index is -0.531. The van der Waals surface area contributed by atoms with Gasteiger partial charge in [-0.2, -0.15) is 4.98 Å². The van der Waals surface area contributed by atoms with Crippen LogP contribution in [0.4, 0.5) is 0 Å². The summed E-state index contributed by atoms with van der Waals surface area (Å²) in [6.07, 6.45) is 1.63. The van der Waals surface area contributed by atoms with Crippen molar-refractivity contribution < 1.29 is 18.6 Å². The molecule has 0 radical (unpaired) electrons. The number of rotatable bonds is 7. The van der Waals surface area contributed by atoms with Gasteiger partial charge in [0.1, 0.15) is 10.8 Å². The van der Waals surface area contributed by atoms with E-state index in [1.807, 2.05) is 19.9 Å². The lowest BCUT2D eigenvalue weighted by atomic mass is 10.2. The van der Waals surface area contributed by atoms with Gasteiger partial charge in [0.25, 0.3) is 5.89 Å². The highest BCUT2D eigenvalue weighted by Crippen LogP contribution is 2.28. The number of aryl methyl sites for hydroxylation is 2. The first-order valence-electron chi connectivity index (χ1n) is 9.26. The smallest absolute Gasteiger partial charge is 0.341 e. The van der Waals surface area contributed by atoms with Crippen LogP contribution in [0.3, 0.4) is 0 Å². The highest BCUT2D eigenvalue weighted by atomic mass is 35.5. The highest BCUT2D eigenvalue weighted by Gasteiger charge is 2.18. The van der Waals surface area contributed by atoms with Crippen LogP contribution in [0.15, 0.2) is 56.7 Å². The van der Waals surface area contributed by atoms with Crippen LogP contribution >= 0.6 is 23.4 Å². The number of pyridine rings is 1. The molecule has 0 fully saturated rings. The van der Waals surface area contributed by atoms with Gasteiger partial charge in [-0.25, -0.2) is 9.78 Å². The maximum absolute atomic E-state index is 12.6. The van der Waals surface area contributed by atoms with E-state index in [-0.39, 0.29) is 12.5 Å². The number of benzene rings is 1. The van der Waals surface area contributed by atoms with Crippen molar-refractivity contribution in [3.8, 4) is 11.4 Å². The molecule has 0 N–H and O–H groups in total. The summed E-state index contributed by atoms with van der Waals surface area (Å²) in [6, 6.07) is 10.4. The number of esters is 1. The van der Waals surface area contributed by atoms with Gasteiger partial charge < -0.3 is 13.8 Å². The summed E-state index contributed by atoms with van der Waals surface area (Å²) in [5, 5.41) is 8.97. The van der Waals surface area contributed by atoms with Gasteiger partial charge in [0.2, 0.25) is 5.82 Å². The van der Waals surface area contributed by atoms with Crippen LogP contribution in [-0.2, 0) is 17.1 Å². The summed E-state index contributed by atoms with van der Waals surface area (Å²) in [5.41, 5.74) is 2.86.